The van der Waals surface area contributed by atoms with Crippen LogP contribution in [0.4, 0.5) is 26.2 Å². The van der Waals surface area contributed by atoms with E-state index in [2.05, 4.69) is 37.1 Å². The summed E-state index contributed by atoms with van der Waals surface area (Å²) in [5.41, 5.74) is 2.52. The van der Waals surface area contributed by atoms with Crippen molar-refractivity contribution in [2.45, 2.75) is 25.3 Å². The van der Waals surface area contributed by atoms with Crippen LogP contribution in [0, 0.1) is 11.3 Å². The van der Waals surface area contributed by atoms with Crippen LogP contribution in [0.25, 0.3) is 11.3 Å². The molecule has 34 heavy (non-hydrogen) atoms. The highest BCUT2D eigenvalue weighted by Crippen LogP contribution is 2.41. The number of hydrogen-bond acceptors (Lipinski definition) is 8. The van der Waals surface area contributed by atoms with Crippen molar-refractivity contribution in [1.29, 1.82) is 5.26 Å². The molecule has 2 aromatic heterocycles. The van der Waals surface area contributed by atoms with Crippen LogP contribution in [0.2, 0.25) is 0 Å². The van der Waals surface area contributed by atoms with Gasteiger partial charge in [-0.3, -0.25) is 9.48 Å². The monoisotopic (exact) mass is 468 g/mol. The van der Waals surface area contributed by atoms with Gasteiger partial charge in [-0.1, -0.05) is 6.92 Å². The van der Waals surface area contributed by atoms with Gasteiger partial charge in [-0.15, -0.1) is 0 Å². The second-order valence-corrected chi connectivity index (χ2v) is 8.09. The Hall–Kier alpha value is -4.11. The molecule has 0 spiro atoms. The van der Waals surface area contributed by atoms with Crippen LogP contribution in [0.3, 0.4) is 0 Å². The summed E-state index contributed by atoms with van der Waals surface area (Å²) in [4.78, 5) is 20.6. The molecule has 3 aromatic rings. The topological polar surface area (TPSA) is 141 Å². The van der Waals surface area contributed by atoms with Crippen molar-refractivity contribution >= 4 is 23.4 Å². The Kier molecular flexibility index (Phi) is 6.12. The second-order valence-electron chi connectivity index (χ2n) is 8.09. The zero-order valence-corrected chi connectivity index (χ0v) is 18.4. The number of carbonyl (C=O) groups is 1. The summed E-state index contributed by atoms with van der Waals surface area (Å²) < 4.78 is 26.7. The molecular weight excluding hydrogens is 446 g/mol. The van der Waals surface area contributed by atoms with Gasteiger partial charge in [0, 0.05) is 36.8 Å². The number of aliphatic hydroxyl groups is 1. The Morgan fingerprint density at radius 3 is 2.88 bits per heavy atom. The van der Waals surface area contributed by atoms with E-state index < -0.39 is 24.3 Å². The fourth-order valence-electron chi connectivity index (χ4n) is 3.82. The highest BCUT2D eigenvalue weighted by atomic mass is 19.3. The molecule has 10 nitrogen and oxygen atoms in total. The number of hydrogen-bond donors (Lipinski definition) is 4. The number of carbonyl (C=O) groups excluding carboxylic acids is 1. The summed E-state index contributed by atoms with van der Waals surface area (Å²) in [6.07, 6.45) is -1.19. The lowest BCUT2D eigenvalue weighted by Gasteiger charge is -2.21. The van der Waals surface area contributed by atoms with Crippen molar-refractivity contribution in [1.82, 2.24) is 25.1 Å². The van der Waals surface area contributed by atoms with Gasteiger partial charge in [-0.25, -0.2) is 18.7 Å². The second kappa shape index (κ2) is 9.03. The van der Waals surface area contributed by atoms with Gasteiger partial charge in [0.05, 0.1) is 23.6 Å². The molecule has 1 aliphatic heterocycles. The number of rotatable bonds is 7. The summed E-state index contributed by atoms with van der Waals surface area (Å²) >= 11 is 0. The van der Waals surface area contributed by atoms with Crippen LogP contribution in [-0.4, -0.2) is 57.4 Å². The van der Waals surface area contributed by atoms with Crippen molar-refractivity contribution < 1.29 is 18.7 Å². The fraction of sp³-hybridized carbons (Fsp3) is 0.318. The molecule has 176 valence electrons. The van der Waals surface area contributed by atoms with Crippen LogP contribution < -0.4 is 16.0 Å². The molecule has 4 N–H and O–H groups in total. The molecule has 12 heteroatoms. The maximum Gasteiger partial charge on any atom is 0.269 e. The Labute approximate surface area is 193 Å². The lowest BCUT2D eigenvalue weighted by atomic mass is 9.83. The molecule has 1 atom stereocenters. The van der Waals surface area contributed by atoms with Gasteiger partial charge in [0.2, 0.25) is 5.95 Å². The zero-order chi connectivity index (χ0) is 24.5. The SMILES string of the molecule is CNC(=O)c1cc(Nc2nccc(-c3cc(C#N)c4c(c3)[C@@](C)(CO)CN4)n2)nn1CC(F)F. The number of anilines is 3. The first kappa shape index (κ1) is 23.1. The van der Waals surface area contributed by atoms with Crippen molar-refractivity contribution in [2.75, 3.05) is 30.8 Å². The average Bonchev–Trinajstić information content (AvgIpc) is 3.38. The fourth-order valence-corrected chi connectivity index (χ4v) is 3.82. The van der Waals surface area contributed by atoms with Gasteiger partial charge in [-0.2, -0.15) is 10.4 Å². The molecule has 0 fully saturated rings. The Bertz CT molecular complexity index is 1290. The summed E-state index contributed by atoms with van der Waals surface area (Å²) in [7, 11) is 1.39. The molecule has 0 saturated heterocycles. The maximum absolute atomic E-state index is 12.9. The lowest BCUT2D eigenvalue weighted by molar-refractivity contribution is 0.0932. The number of nitrogens with zero attached hydrogens (tertiary/aromatic N) is 5. The first-order valence-electron chi connectivity index (χ1n) is 10.4. The largest absolute Gasteiger partial charge is 0.395 e. The standard InChI is InChI=1S/C22H22F2N8O2/c1-22(11-33)10-28-19-13(8-25)5-12(6-14(19)22)15-3-4-27-21(29-15)30-18-7-16(20(34)26-2)32(31-18)9-17(23)24/h3-7,17,28,33H,9-11H2,1-2H3,(H,26,34)(H,27,29,30,31)/t22-/m1/s1. The van der Waals surface area contributed by atoms with E-state index in [1.54, 1.807) is 12.1 Å². The molecular formula is C22H22F2N8O2. The molecule has 0 radical (unpaired) electrons. The Morgan fingerprint density at radius 1 is 1.41 bits per heavy atom. The molecule has 0 aliphatic carbocycles. The molecule has 3 heterocycles. The van der Waals surface area contributed by atoms with E-state index in [1.807, 2.05) is 13.0 Å². The van der Waals surface area contributed by atoms with Crippen molar-refractivity contribution in [3.05, 3.63) is 47.3 Å². The van der Waals surface area contributed by atoms with Crippen molar-refractivity contribution in [2.24, 2.45) is 0 Å². The number of alkyl halides is 2. The van der Waals surface area contributed by atoms with Gasteiger partial charge in [-0.05, 0) is 23.8 Å². The molecule has 0 bridgehead atoms. The predicted molar refractivity (Wildman–Crippen MR) is 120 cm³/mol. The lowest BCUT2D eigenvalue weighted by Crippen LogP contribution is -2.28. The van der Waals surface area contributed by atoms with Gasteiger partial charge in [0.1, 0.15) is 18.3 Å². The minimum Gasteiger partial charge on any atom is -0.395 e. The number of nitriles is 1. The molecule has 1 amide bonds. The molecule has 1 aliphatic rings. The number of benzene rings is 1. The van der Waals surface area contributed by atoms with E-state index in [9.17, 15) is 23.9 Å². The predicted octanol–water partition coefficient (Wildman–Crippen LogP) is 2.26. The summed E-state index contributed by atoms with van der Waals surface area (Å²) in [5, 5.41) is 32.0. The van der Waals surface area contributed by atoms with Gasteiger partial charge >= 0.3 is 0 Å². The van der Waals surface area contributed by atoms with Crippen molar-refractivity contribution in [3.63, 3.8) is 0 Å². The zero-order valence-electron chi connectivity index (χ0n) is 18.4. The Morgan fingerprint density at radius 2 is 2.21 bits per heavy atom. The minimum atomic E-state index is -2.69. The molecule has 1 aromatic carbocycles. The normalized spacial score (nSPS) is 16.6. The minimum absolute atomic E-state index is 0.0328. The first-order chi connectivity index (χ1) is 16.3. The maximum atomic E-state index is 12.9. The van der Waals surface area contributed by atoms with Gasteiger partial charge in [0.15, 0.2) is 5.82 Å². The first-order valence-corrected chi connectivity index (χ1v) is 10.4. The summed E-state index contributed by atoms with van der Waals surface area (Å²) in [5.74, 6) is -0.302. The van der Waals surface area contributed by atoms with E-state index >= 15 is 0 Å². The van der Waals surface area contributed by atoms with Crippen LogP contribution in [-0.2, 0) is 12.0 Å². The van der Waals surface area contributed by atoms with Crippen molar-refractivity contribution in [3.8, 4) is 17.3 Å². The van der Waals surface area contributed by atoms with E-state index in [0.29, 0.717) is 29.1 Å². The smallest absolute Gasteiger partial charge is 0.269 e. The van der Waals surface area contributed by atoms with Crippen LogP contribution in [0.5, 0.6) is 0 Å². The average molecular weight is 468 g/mol. The Balaban J connectivity index is 1.68. The molecule has 0 unspecified atom stereocenters. The van der Waals surface area contributed by atoms with E-state index in [0.717, 1.165) is 10.2 Å². The number of amides is 1. The number of halogens is 2. The van der Waals surface area contributed by atoms with E-state index in [-0.39, 0.29) is 24.1 Å². The van der Waals surface area contributed by atoms with Gasteiger partial charge in [0.25, 0.3) is 12.3 Å². The third kappa shape index (κ3) is 4.25. The third-order valence-corrected chi connectivity index (χ3v) is 5.66. The number of nitrogens with one attached hydrogen (secondary N) is 3. The summed E-state index contributed by atoms with van der Waals surface area (Å²) in [6.45, 7) is 1.58. The van der Waals surface area contributed by atoms with Crippen LogP contribution in [0.15, 0.2) is 30.5 Å². The van der Waals surface area contributed by atoms with Gasteiger partial charge < -0.3 is 21.1 Å². The van der Waals surface area contributed by atoms with E-state index in [4.69, 9.17) is 0 Å². The highest BCUT2D eigenvalue weighted by molar-refractivity contribution is 5.93. The number of aromatic nitrogens is 4. The quantitative estimate of drug-likeness (QED) is 0.414. The number of fused-ring (bicyclic) bond motifs is 1. The summed E-state index contributed by atoms with van der Waals surface area (Å²) in [6, 6.07) is 8.75. The van der Waals surface area contributed by atoms with Crippen LogP contribution >= 0.6 is 0 Å². The molecule has 4 rings (SSSR count). The third-order valence-electron chi connectivity index (χ3n) is 5.66. The highest BCUT2D eigenvalue weighted by Gasteiger charge is 2.36. The molecule has 0 saturated carbocycles. The van der Waals surface area contributed by atoms with Crippen LogP contribution in [0.1, 0.15) is 28.5 Å². The number of aliphatic hydroxyl groups excluding tert-OH is 1. The van der Waals surface area contributed by atoms with E-state index in [1.165, 1.54) is 19.3 Å².